The topological polar surface area (TPSA) is 44.8 Å². The first-order chi connectivity index (χ1) is 11.5. The predicted molar refractivity (Wildman–Crippen MR) is 111 cm³/mol. The minimum Gasteiger partial charge on any atom is -0.458 e. The zero-order valence-electron chi connectivity index (χ0n) is 17.8. The van der Waals surface area contributed by atoms with Gasteiger partial charge < -0.3 is 13.6 Å². The zero-order chi connectivity index (χ0) is 19.3. The summed E-state index contributed by atoms with van der Waals surface area (Å²) in [5.41, 5.74) is 0. The molecular weight excluding hydrogens is 348 g/mol. The molecule has 0 heterocycles. The third-order valence-electron chi connectivity index (χ3n) is 3.69. The fraction of sp³-hybridized carbons (Fsp3) is 0.947. The molecule has 0 aliphatic rings. The van der Waals surface area contributed by atoms with E-state index in [1.807, 2.05) is 0 Å². The van der Waals surface area contributed by atoms with Crippen molar-refractivity contribution in [1.82, 2.24) is 0 Å². The number of hydrogen-bond acceptors (Lipinski definition) is 4. The van der Waals surface area contributed by atoms with Crippen LogP contribution in [0.3, 0.4) is 0 Å². The Labute approximate surface area is 158 Å². The lowest BCUT2D eigenvalue weighted by Crippen LogP contribution is -2.38. The molecule has 0 aliphatic carbocycles. The fourth-order valence-electron chi connectivity index (χ4n) is 2.27. The maximum atomic E-state index is 12.1. The molecule has 0 aromatic carbocycles. The monoisotopic (exact) mass is 390 g/mol. The molecule has 0 rings (SSSR count). The largest absolute Gasteiger partial charge is 0.458 e. The molecule has 0 bridgehead atoms. The van der Waals surface area contributed by atoms with Crippen molar-refractivity contribution >= 4 is 22.6 Å². The molecule has 4 nitrogen and oxygen atoms in total. The first-order valence-electron chi connectivity index (χ1n) is 10.0. The lowest BCUT2D eigenvalue weighted by molar-refractivity contribution is -0.152. The Hall–Kier alpha value is -0.176. The third kappa shape index (κ3) is 18.4. The van der Waals surface area contributed by atoms with Gasteiger partial charge in [-0.2, -0.15) is 0 Å². The van der Waals surface area contributed by atoms with Gasteiger partial charge in [-0.3, -0.25) is 4.79 Å². The summed E-state index contributed by atoms with van der Waals surface area (Å²) in [6.07, 6.45) is 8.64. The number of carbonyl (C=O) groups is 1. The molecule has 0 spiro atoms. The standard InChI is InChI=1S/C19H42O4Si2/c1-8-9-10-11-12-13-14-15-19(20)23-18(16-21-24(2,3)4)17-22-25(5,6)7/h18H,8-17H2,1-7H3. The Balaban J connectivity index is 4.13. The molecule has 0 radical (unpaired) electrons. The van der Waals surface area contributed by atoms with E-state index in [-0.39, 0.29) is 12.1 Å². The van der Waals surface area contributed by atoms with Crippen LogP contribution < -0.4 is 0 Å². The molecule has 0 atom stereocenters. The lowest BCUT2D eigenvalue weighted by Gasteiger charge is -2.26. The second-order valence-electron chi connectivity index (χ2n) is 8.83. The molecule has 0 N–H and O–H groups in total. The van der Waals surface area contributed by atoms with Crippen molar-refractivity contribution in [2.75, 3.05) is 13.2 Å². The highest BCUT2D eigenvalue weighted by atomic mass is 28.4. The van der Waals surface area contributed by atoms with Crippen LogP contribution in [0.4, 0.5) is 0 Å². The van der Waals surface area contributed by atoms with Gasteiger partial charge in [0.05, 0.1) is 13.2 Å². The molecule has 150 valence electrons. The Morgan fingerprint density at radius 3 is 1.64 bits per heavy atom. The molecule has 0 unspecified atom stereocenters. The number of rotatable bonds is 15. The van der Waals surface area contributed by atoms with Gasteiger partial charge in [-0.15, -0.1) is 0 Å². The van der Waals surface area contributed by atoms with Crippen LogP contribution >= 0.6 is 0 Å². The van der Waals surface area contributed by atoms with Gasteiger partial charge in [-0.1, -0.05) is 45.4 Å². The smallest absolute Gasteiger partial charge is 0.306 e. The third-order valence-corrected chi connectivity index (χ3v) is 5.75. The number of ether oxygens (including phenoxy) is 1. The maximum Gasteiger partial charge on any atom is 0.306 e. The first-order valence-corrected chi connectivity index (χ1v) is 16.8. The minimum absolute atomic E-state index is 0.114. The van der Waals surface area contributed by atoms with Gasteiger partial charge in [-0.05, 0) is 45.7 Å². The predicted octanol–water partition coefficient (Wildman–Crippen LogP) is 5.74. The number of esters is 1. The van der Waals surface area contributed by atoms with Crippen LogP contribution in [-0.2, 0) is 18.4 Å². The van der Waals surface area contributed by atoms with Crippen LogP contribution in [0.15, 0.2) is 0 Å². The summed E-state index contributed by atoms with van der Waals surface area (Å²) in [4.78, 5) is 12.1. The normalized spacial score (nSPS) is 12.6. The average Bonchev–Trinajstić information content (AvgIpc) is 2.47. The van der Waals surface area contributed by atoms with Crippen molar-refractivity contribution in [3.63, 3.8) is 0 Å². The van der Waals surface area contributed by atoms with Gasteiger partial charge in [-0.25, -0.2) is 0 Å². The van der Waals surface area contributed by atoms with E-state index < -0.39 is 16.6 Å². The summed E-state index contributed by atoms with van der Waals surface area (Å²) in [7, 11) is -3.26. The summed E-state index contributed by atoms with van der Waals surface area (Å²) >= 11 is 0. The van der Waals surface area contributed by atoms with Gasteiger partial charge in [0.1, 0.15) is 6.10 Å². The van der Waals surface area contributed by atoms with Gasteiger partial charge >= 0.3 is 5.97 Å². The average molecular weight is 391 g/mol. The van der Waals surface area contributed by atoms with E-state index in [2.05, 4.69) is 46.2 Å². The molecule has 0 saturated carbocycles. The van der Waals surface area contributed by atoms with Crippen LogP contribution in [0.25, 0.3) is 0 Å². The highest BCUT2D eigenvalue weighted by Crippen LogP contribution is 2.12. The summed E-state index contributed by atoms with van der Waals surface area (Å²) in [6.45, 7) is 16.0. The van der Waals surface area contributed by atoms with E-state index in [0.29, 0.717) is 19.6 Å². The van der Waals surface area contributed by atoms with Crippen LogP contribution in [0, 0.1) is 0 Å². The molecule has 0 aromatic heterocycles. The molecule has 0 saturated heterocycles. The van der Waals surface area contributed by atoms with E-state index in [0.717, 1.165) is 12.8 Å². The fourth-order valence-corrected chi connectivity index (χ4v) is 3.65. The first kappa shape index (κ1) is 24.8. The molecular formula is C19H42O4Si2. The Morgan fingerprint density at radius 2 is 1.20 bits per heavy atom. The highest BCUT2D eigenvalue weighted by Gasteiger charge is 2.23. The quantitative estimate of drug-likeness (QED) is 0.203. The van der Waals surface area contributed by atoms with Gasteiger partial charge in [0.15, 0.2) is 16.6 Å². The van der Waals surface area contributed by atoms with Crippen LogP contribution in [0.1, 0.15) is 58.3 Å². The highest BCUT2D eigenvalue weighted by molar-refractivity contribution is 6.70. The SMILES string of the molecule is CCCCCCCCCC(=O)OC(CO[Si](C)(C)C)CO[Si](C)(C)C. The molecule has 0 aromatic rings. The van der Waals surface area contributed by atoms with Gasteiger partial charge in [0.2, 0.25) is 0 Å². The van der Waals surface area contributed by atoms with Gasteiger partial charge in [0.25, 0.3) is 0 Å². The Kier molecular flexibility index (Phi) is 13.0. The van der Waals surface area contributed by atoms with Crippen LogP contribution in [0.5, 0.6) is 0 Å². The number of unbranched alkanes of at least 4 members (excludes halogenated alkanes) is 6. The maximum absolute atomic E-state index is 12.1. The van der Waals surface area contributed by atoms with E-state index in [9.17, 15) is 4.79 Å². The summed E-state index contributed by atoms with van der Waals surface area (Å²) in [6, 6.07) is 0. The van der Waals surface area contributed by atoms with Crippen molar-refractivity contribution in [1.29, 1.82) is 0 Å². The van der Waals surface area contributed by atoms with Crippen molar-refractivity contribution in [3.8, 4) is 0 Å². The Bertz CT molecular complexity index is 330. The van der Waals surface area contributed by atoms with Crippen molar-refractivity contribution in [3.05, 3.63) is 0 Å². The molecule has 0 aliphatic heterocycles. The van der Waals surface area contributed by atoms with E-state index >= 15 is 0 Å². The van der Waals surface area contributed by atoms with E-state index in [1.54, 1.807) is 0 Å². The van der Waals surface area contributed by atoms with E-state index in [1.165, 1.54) is 32.1 Å². The molecule has 0 fully saturated rings. The summed E-state index contributed by atoms with van der Waals surface area (Å²) in [5, 5.41) is 0. The summed E-state index contributed by atoms with van der Waals surface area (Å²) in [5.74, 6) is -0.114. The minimum atomic E-state index is -1.63. The van der Waals surface area contributed by atoms with Crippen molar-refractivity contribution < 1.29 is 18.4 Å². The van der Waals surface area contributed by atoms with Crippen LogP contribution in [-0.4, -0.2) is 41.9 Å². The second-order valence-corrected chi connectivity index (χ2v) is 17.9. The number of hydrogen-bond donors (Lipinski definition) is 0. The summed E-state index contributed by atoms with van der Waals surface area (Å²) < 4.78 is 17.5. The zero-order valence-corrected chi connectivity index (χ0v) is 19.8. The lowest BCUT2D eigenvalue weighted by atomic mass is 10.1. The van der Waals surface area contributed by atoms with Crippen molar-refractivity contribution in [2.45, 2.75) is 104 Å². The molecule has 6 heteroatoms. The second kappa shape index (κ2) is 13.1. The Morgan fingerprint density at radius 1 is 0.760 bits per heavy atom. The van der Waals surface area contributed by atoms with Gasteiger partial charge in [0, 0.05) is 6.42 Å². The van der Waals surface area contributed by atoms with E-state index in [4.69, 9.17) is 13.6 Å². The van der Waals surface area contributed by atoms with Crippen LogP contribution in [0.2, 0.25) is 39.3 Å². The molecule has 0 amide bonds. The van der Waals surface area contributed by atoms with Crippen molar-refractivity contribution in [2.24, 2.45) is 0 Å². The number of carbonyl (C=O) groups excluding carboxylic acids is 1. The molecule has 25 heavy (non-hydrogen) atoms.